The highest BCUT2D eigenvalue weighted by Gasteiger charge is 2.90. The molecular weight excluding hydrogens is 424 g/mol. The minimum Gasteiger partial charge on any atom is -0.346 e. The maximum absolute atomic E-state index is 6.73. The minimum atomic E-state index is -0.533. The molecular formula is C30H40O4. The molecule has 2 saturated heterocycles. The second-order valence-electron chi connectivity index (χ2n) is 13.6. The van der Waals surface area contributed by atoms with E-state index >= 15 is 0 Å². The average Bonchev–Trinajstić information content (AvgIpc) is 3.58. The van der Waals surface area contributed by atoms with Crippen LogP contribution in [-0.4, -0.2) is 38.0 Å². The molecule has 0 unspecified atom stereocenters. The number of hydrogen-bond acceptors (Lipinski definition) is 4. The zero-order valence-corrected chi connectivity index (χ0v) is 22.1. The molecule has 2 heterocycles. The molecule has 0 aromatic heterocycles. The van der Waals surface area contributed by atoms with Crippen molar-refractivity contribution in [2.24, 2.45) is 57.2 Å². The van der Waals surface area contributed by atoms with Crippen LogP contribution < -0.4 is 0 Å². The van der Waals surface area contributed by atoms with Crippen molar-refractivity contribution in [2.45, 2.75) is 67.0 Å². The summed E-state index contributed by atoms with van der Waals surface area (Å²) in [6.45, 7) is 22.2. The molecule has 184 valence electrons. The number of allylic oxidation sites excluding steroid dienone is 2. The summed E-state index contributed by atoms with van der Waals surface area (Å²) in [5, 5.41) is 0. The van der Waals surface area contributed by atoms with Crippen molar-refractivity contribution < 1.29 is 18.9 Å². The Morgan fingerprint density at radius 3 is 1.50 bits per heavy atom. The number of hydrogen-bond donors (Lipinski definition) is 0. The van der Waals surface area contributed by atoms with Gasteiger partial charge in [-0.25, -0.2) is 0 Å². The van der Waals surface area contributed by atoms with E-state index in [2.05, 4.69) is 67.5 Å². The highest BCUT2D eigenvalue weighted by molar-refractivity contribution is 5.53. The first-order valence-corrected chi connectivity index (χ1v) is 13.6. The Bertz CT molecular complexity index is 1130. The van der Waals surface area contributed by atoms with E-state index in [-0.39, 0.29) is 21.7 Å². The molecule has 4 bridgehead atoms. The summed E-state index contributed by atoms with van der Waals surface area (Å²) in [5.74, 6) is 2.22. The van der Waals surface area contributed by atoms with Crippen LogP contribution in [0.1, 0.15) is 55.4 Å². The van der Waals surface area contributed by atoms with Gasteiger partial charge in [-0.15, -0.1) is 0 Å². The van der Waals surface area contributed by atoms with E-state index < -0.39 is 11.6 Å². The first-order valence-electron chi connectivity index (χ1n) is 13.6. The van der Waals surface area contributed by atoms with Crippen molar-refractivity contribution in [1.29, 1.82) is 0 Å². The van der Waals surface area contributed by atoms with Gasteiger partial charge in [0.2, 0.25) is 0 Å². The van der Waals surface area contributed by atoms with Gasteiger partial charge in [-0.3, -0.25) is 0 Å². The van der Waals surface area contributed by atoms with E-state index in [9.17, 15) is 0 Å². The molecule has 3 saturated carbocycles. The lowest BCUT2D eigenvalue weighted by Crippen LogP contribution is -2.61. The maximum Gasteiger partial charge on any atom is 0.187 e. The topological polar surface area (TPSA) is 36.9 Å². The molecule has 0 amide bonds. The van der Waals surface area contributed by atoms with Crippen LogP contribution in [0, 0.1) is 57.2 Å². The Labute approximate surface area is 204 Å². The summed E-state index contributed by atoms with van der Waals surface area (Å²) < 4.78 is 26.9. The molecule has 6 aliphatic carbocycles. The normalized spacial score (nSPS) is 58.8. The molecule has 8 aliphatic rings. The van der Waals surface area contributed by atoms with Gasteiger partial charge in [-0.1, -0.05) is 62.1 Å². The second-order valence-corrected chi connectivity index (χ2v) is 13.6. The lowest BCUT2D eigenvalue weighted by Gasteiger charge is -2.64. The smallest absolute Gasteiger partial charge is 0.187 e. The molecule has 5 fully saturated rings. The van der Waals surface area contributed by atoms with Gasteiger partial charge in [0.05, 0.1) is 26.4 Å². The standard InChI is InChI=1S/C30H40O4/c1-15-16(2)27(7)23-20(25(15,5)29(27)31-11-12-32-29)10-9-19-21(23)24-22(19)26(6)17(3)18(4)28(24,8)30(26)33-13-14-34-30/h9-10,19-24H,11-14H2,1-8H3/t19-,20+,21+,22-,23-,24-,25-,26+,27+,28+/m1/s1. The maximum atomic E-state index is 6.73. The Balaban J connectivity index is 1.35. The first-order chi connectivity index (χ1) is 16.0. The van der Waals surface area contributed by atoms with Gasteiger partial charge in [-0.2, -0.15) is 0 Å². The molecule has 2 spiro atoms. The Morgan fingerprint density at radius 2 is 0.971 bits per heavy atom. The van der Waals surface area contributed by atoms with Gasteiger partial charge in [0.1, 0.15) is 0 Å². The van der Waals surface area contributed by atoms with Crippen LogP contribution >= 0.6 is 0 Å². The lowest BCUT2D eigenvalue weighted by molar-refractivity contribution is -0.252. The van der Waals surface area contributed by atoms with Crippen molar-refractivity contribution >= 4 is 0 Å². The first kappa shape index (κ1) is 21.2. The monoisotopic (exact) mass is 464 g/mol. The largest absolute Gasteiger partial charge is 0.346 e. The fourth-order valence-electron chi connectivity index (χ4n) is 12.4. The van der Waals surface area contributed by atoms with Crippen LogP contribution in [0.2, 0.25) is 0 Å². The average molecular weight is 465 g/mol. The summed E-state index contributed by atoms with van der Waals surface area (Å²) in [6, 6.07) is 0. The Hall–Kier alpha value is -0.940. The quantitative estimate of drug-likeness (QED) is 0.443. The molecule has 0 radical (unpaired) electrons. The summed E-state index contributed by atoms with van der Waals surface area (Å²) in [7, 11) is 0. The number of fused-ring (bicyclic) bond motifs is 10. The molecule has 2 aliphatic heterocycles. The van der Waals surface area contributed by atoms with Gasteiger partial charge in [0, 0.05) is 21.7 Å². The van der Waals surface area contributed by atoms with Gasteiger partial charge in [-0.05, 0) is 63.2 Å². The van der Waals surface area contributed by atoms with Crippen molar-refractivity contribution in [1.82, 2.24) is 0 Å². The van der Waals surface area contributed by atoms with Crippen LogP contribution in [0.15, 0.2) is 34.4 Å². The zero-order chi connectivity index (χ0) is 23.8. The van der Waals surface area contributed by atoms with E-state index in [1.807, 2.05) is 0 Å². The Kier molecular flexibility index (Phi) is 3.42. The molecule has 0 aromatic carbocycles. The lowest BCUT2D eigenvalue weighted by atomic mass is 9.38. The predicted molar refractivity (Wildman–Crippen MR) is 129 cm³/mol. The van der Waals surface area contributed by atoms with E-state index in [1.54, 1.807) is 0 Å². The third kappa shape index (κ3) is 1.47. The van der Waals surface area contributed by atoms with Crippen LogP contribution in [-0.2, 0) is 18.9 Å². The van der Waals surface area contributed by atoms with Gasteiger partial charge in [0.15, 0.2) is 11.6 Å². The third-order valence-electron chi connectivity index (χ3n) is 14.0. The molecule has 4 heteroatoms. The van der Waals surface area contributed by atoms with Crippen LogP contribution in [0.25, 0.3) is 0 Å². The fourth-order valence-corrected chi connectivity index (χ4v) is 12.4. The van der Waals surface area contributed by atoms with Crippen molar-refractivity contribution in [3.05, 3.63) is 34.4 Å². The molecule has 4 nitrogen and oxygen atoms in total. The van der Waals surface area contributed by atoms with Gasteiger partial charge in [0.25, 0.3) is 0 Å². The molecule has 8 rings (SSSR count). The van der Waals surface area contributed by atoms with E-state index in [0.29, 0.717) is 61.9 Å². The van der Waals surface area contributed by atoms with E-state index in [0.717, 1.165) is 0 Å². The van der Waals surface area contributed by atoms with Crippen LogP contribution in [0.4, 0.5) is 0 Å². The van der Waals surface area contributed by atoms with Crippen molar-refractivity contribution in [2.75, 3.05) is 26.4 Å². The highest BCUT2D eigenvalue weighted by atomic mass is 16.7. The summed E-state index contributed by atoms with van der Waals surface area (Å²) >= 11 is 0. The molecule has 34 heavy (non-hydrogen) atoms. The predicted octanol–water partition coefficient (Wildman–Crippen LogP) is 5.51. The fraction of sp³-hybridized carbons (Fsp3) is 0.800. The van der Waals surface area contributed by atoms with Crippen LogP contribution in [0.3, 0.4) is 0 Å². The number of ether oxygens (including phenoxy) is 4. The van der Waals surface area contributed by atoms with E-state index in [4.69, 9.17) is 18.9 Å². The zero-order valence-electron chi connectivity index (χ0n) is 22.1. The summed E-state index contributed by atoms with van der Waals surface area (Å²) in [4.78, 5) is 0. The van der Waals surface area contributed by atoms with Crippen molar-refractivity contribution in [3.63, 3.8) is 0 Å². The second kappa shape index (κ2) is 5.49. The minimum absolute atomic E-state index is 0.0629. The highest BCUT2D eigenvalue weighted by Crippen LogP contribution is 2.89. The van der Waals surface area contributed by atoms with Gasteiger partial charge >= 0.3 is 0 Å². The third-order valence-corrected chi connectivity index (χ3v) is 14.0. The van der Waals surface area contributed by atoms with Crippen LogP contribution in [0.5, 0.6) is 0 Å². The Morgan fingerprint density at radius 1 is 0.559 bits per heavy atom. The summed E-state index contributed by atoms with van der Waals surface area (Å²) in [6.07, 6.45) is 5.19. The van der Waals surface area contributed by atoms with Gasteiger partial charge < -0.3 is 18.9 Å². The SMILES string of the molecule is CC1=C(C)[C@@]2(C)[C@@H]3[C@H]4[C@@H](C=C[C@H]5[C@H]4[C@]4(C)C(C)=C(C)[C@@]5(C)C45OCCO5)[C@H]3[C@@]1(C)C21OCCO1. The van der Waals surface area contributed by atoms with Crippen molar-refractivity contribution in [3.8, 4) is 0 Å². The van der Waals surface area contributed by atoms with E-state index in [1.165, 1.54) is 22.3 Å². The molecule has 0 aromatic rings. The summed E-state index contributed by atoms with van der Waals surface area (Å²) in [5.41, 5.74) is 5.68. The number of rotatable bonds is 0. The molecule has 10 atom stereocenters. The molecule has 0 N–H and O–H groups in total.